The molecule has 0 radical (unpaired) electrons. The van der Waals surface area contributed by atoms with Gasteiger partial charge in [0.2, 0.25) is 5.91 Å². The highest BCUT2D eigenvalue weighted by Crippen LogP contribution is 2.22. The zero-order valence-electron chi connectivity index (χ0n) is 18.3. The van der Waals surface area contributed by atoms with E-state index in [1.807, 2.05) is 36.4 Å². The first-order valence-corrected chi connectivity index (χ1v) is 11.2. The third kappa shape index (κ3) is 5.62. The molecule has 0 fully saturated rings. The topological polar surface area (TPSA) is 77.6 Å². The number of carbonyl (C=O) groups is 1. The predicted molar refractivity (Wildman–Crippen MR) is 129 cm³/mol. The van der Waals surface area contributed by atoms with E-state index in [9.17, 15) is 9.59 Å². The lowest BCUT2D eigenvalue weighted by Crippen LogP contribution is -2.32. The van der Waals surface area contributed by atoms with Crippen LogP contribution < -0.4 is 15.6 Å². The Balaban J connectivity index is 1.45. The summed E-state index contributed by atoms with van der Waals surface area (Å²) < 4.78 is 8.61. The van der Waals surface area contributed by atoms with E-state index in [4.69, 9.17) is 16.3 Å². The van der Waals surface area contributed by atoms with Crippen LogP contribution in [0.1, 0.15) is 25.3 Å². The van der Waals surface area contributed by atoms with Gasteiger partial charge in [0, 0.05) is 29.5 Å². The van der Waals surface area contributed by atoms with Crippen molar-refractivity contribution in [3.63, 3.8) is 0 Å². The van der Waals surface area contributed by atoms with Crippen LogP contribution in [0, 0.1) is 0 Å². The Morgan fingerprint density at radius 1 is 1.09 bits per heavy atom. The first kappa shape index (κ1) is 22.6. The van der Waals surface area contributed by atoms with Gasteiger partial charge in [0.25, 0.3) is 5.56 Å². The fraction of sp³-hybridized carbons (Fsp3) is 0.240. The molecule has 4 rings (SSSR count). The lowest BCUT2D eigenvalue weighted by atomic mass is 10.1. The molecule has 2 aromatic carbocycles. The average molecular weight is 465 g/mol. The Labute approximate surface area is 196 Å². The van der Waals surface area contributed by atoms with Crippen molar-refractivity contribution in [1.82, 2.24) is 19.5 Å². The van der Waals surface area contributed by atoms with Crippen LogP contribution in [0.3, 0.4) is 0 Å². The van der Waals surface area contributed by atoms with Crippen molar-refractivity contribution in [2.45, 2.75) is 32.9 Å². The minimum atomic E-state index is -0.280. The van der Waals surface area contributed by atoms with Crippen LogP contribution in [-0.2, 0) is 17.9 Å². The molecule has 0 unspecified atom stereocenters. The van der Waals surface area contributed by atoms with Crippen LogP contribution in [0.5, 0.6) is 5.75 Å². The van der Waals surface area contributed by atoms with Crippen molar-refractivity contribution < 1.29 is 9.53 Å². The van der Waals surface area contributed by atoms with E-state index in [1.165, 1.54) is 9.08 Å². The summed E-state index contributed by atoms with van der Waals surface area (Å²) in [6.45, 7) is 3.10. The molecule has 2 heterocycles. The molecule has 7 nitrogen and oxygen atoms in total. The molecular formula is C25H25ClN4O3. The molecule has 0 aliphatic heterocycles. The minimum absolute atomic E-state index is 0.0762. The van der Waals surface area contributed by atoms with Crippen LogP contribution in [-0.4, -0.2) is 26.7 Å². The lowest BCUT2D eigenvalue weighted by molar-refractivity contribution is -0.121. The zero-order valence-corrected chi connectivity index (χ0v) is 19.1. The predicted octanol–water partition coefficient (Wildman–Crippen LogP) is 4.31. The number of rotatable bonds is 9. The van der Waals surface area contributed by atoms with Crippen LogP contribution in [0.2, 0.25) is 5.02 Å². The number of benzene rings is 2. The maximum absolute atomic E-state index is 12.9. The van der Waals surface area contributed by atoms with E-state index < -0.39 is 0 Å². The van der Waals surface area contributed by atoms with E-state index in [1.54, 1.807) is 30.6 Å². The van der Waals surface area contributed by atoms with Crippen LogP contribution in [0.15, 0.2) is 71.8 Å². The van der Waals surface area contributed by atoms with Crippen molar-refractivity contribution in [3.05, 3.63) is 87.9 Å². The van der Waals surface area contributed by atoms with E-state index in [0.717, 1.165) is 29.7 Å². The fourth-order valence-electron chi connectivity index (χ4n) is 3.36. The summed E-state index contributed by atoms with van der Waals surface area (Å²) in [5.41, 5.74) is 2.61. The van der Waals surface area contributed by atoms with Crippen molar-refractivity contribution in [2.24, 2.45) is 0 Å². The Morgan fingerprint density at radius 3 is 2.58 bits per heavy atom. The molecule has 0 aliphatic carbocycles. The molecule has 4 aromatic rings. The third-order valence-corrected chi connectivity index (χ3v) is 5.49. The molecule has 0 saturated carbocycles. The average Bonchev–Trinajstić information content (AvgIpc) is 3.26. The van der Waals surface area contributed by atoms with Gasteiger partial charge in [-0.1, -0.05) is 37.1 Å². The van der Waals surface area contributed by atoms with Crippen molar-refractivity contribution in [3.8, 4) is 17.0 Å². The molecule has 0 aliphatic rings. The number of nitrogens with zero attached hydrogens (tertiary/aromatic N) is 3. The molecule has 0 atom stereocenters. The second-order valence-electron chi connectivity index (χ2n) is 7.72. The van der Waals surface area contributed by atoms with Crippen LogP contribution in [0.25, 0.3) is 16.8 Å². The third-order valence-electron chi connectivity index (χ3n) is 5.24. The number of halogens is 1. The fourth-order valence-corrected chi connectivity index (χ4v) is 3.49. The molecule has 0 saturated heterocycles. The molecule has 170 valence electrons. The van der Waals surface area contributed by atoms with Gasteiger partial charge >= 0.3 is 0 Å². The molecule has 8 heteroatoms. The maximum Gasteiger partial charge on any atom is 0.277 e. The standard InChI is InChI=1S/C25H25ClN4O3/c1-2-3-14-33-21-10-6-19(7-11-21)22-15-23-25(32)29(12-13-30(23)28-22)17-24(31)27-16-18-4-8-20(26)9-5-18/h4-13,15H,2-3,14,16-17H2,1H3,(H,27,31). The second kappa shape index (κ2) is 10.4. The van der Waals surface area contributed by atoms with Crippen molar-refractivity contribution >= 4 is 23.0 Å². The minimum Gasteiger partial charge on any atom is -0.494 e. The van der Waals surface area contributed by atoms with Gasteiger partial charge in [-0.05, 0) is 54.4 Å². The first-order chi connectivity index (χ1) is 16.0. The van der Waals surface area contributed by atoms with E-state index in [2.05, 4.69) is 17.3 Å². The van der Waals surface area contributed by atoms with Crippen LogP contribution >= 0.6 is 11.6 Å². The number of nitrogens with one attached hydrogen (secondary N) is 1. The summed E-state index contributed by atoms with van der Waals surface area (Å²) in [6.07, 6.45) is 5.34. The van der Waals surface area contributed by atoms with Gasteiger partial charge in [0.1, 0.15) is 17.8 Å². The van der Waals surface area contributed by atoms with Gasteiger partial charge in [-0.25, -0.2) is 4.52 Å². The smallest absolute Gasteiger partial charge is 0.277 e. The van der Waals surface area contributed by atoms with E-state index in [0.29, 0.717) is 29.4 Å². The van der Waals surface area contributed by atoms with Crippen molar-refractivity contribution in [1.29, 1.82) is 0 Å². The number of amides is 1. The monoisotopic (exact) mass is 464 g/mol. The SMILES string of the molecule is CCCCOc1ccc(-c2cc3c(=O)n(CC(=O)NCc4ccc(Cl)cc4)ccn3n2)cc1. The summed E-state index contributed by atoms with van der Waals surface area (Å²) in [5, 5.41) is 7.96. The summed E-state index contributed by atoms with van der Waals surface area (Å²) in [6, 6.07) is 16.6. The normalized spacial score (nSPS) is 11.0. The van der Waals surface area contributed by atoms with E-state index >= 15 is 0 Å². The van der Waals surface area contributed by atoms with Gasteiger partial charge in [0.05, 0.1) is 12.3 Å². The van der Waals surface area contributed by atoms with Gasteiger partial charge < -0.3 is 14.6 Å². The Morgan fingerprint density at radius 2 is 1.85 bits per heavy atom. The van der Waals surface area contributed by atoms with Gasteiger partial charge in [-0.3, -0.25) is 9.59 Å². The number of ether oxygens (including phenoxy) is 1. The number of hydrogen-bond acceptors (Lipinski definition) is 4. The molecule has 33 heavy (non-hydrogen) atoms. The van der Waals surface area contributed by atoms with Crippen molar-refractivity contribution in [2.75, 3.05) is 6.61 Å². The van der Waals surface area contributed by atoms with E-state index in [-0.39, 0.29) is 18.0 Å². The molecule has 1 amide bonds. The highest BCUT2D eigenvalue weighted by molar-refractivity contribution is 6.30. The summed E-state index contributed by atoms with van der Waals surface area (Å²) >= 11 is 5.88. The molecular weight excluding hydrogens is 440 g/mol. The maximum atomic E-state index is 12.9. The summed E-state index contributed by atoms with van der Waals surface area (Å²) in [4.78, 5) is 25.3. The Kier molecular flexibility index (Phi) is 7.10. The van der Waals surface area contributed by atoms with Crippen LogP contribution in [0.4, 0.5) is 0 Å². The van der Waals surface area contributed by atoms with Gasteiger partial charge in [-0.15, -0.1) is 0 Å². The number of fused-ring (bicyclic) bond motifs is 1. The molecule has 1 N–H and O–H groups in total. The molecule has 0 bridgehead atoms. The largest absolute Gasteiger partial charge is 0.494 e. The highest BCUT2D eigenvalue weighted by Gasteiger charge is 2.11. The van der Waals surface area contributed by atoms with Gasteiger partial charge in [-0.2, -0.15) is 5.10 Å². The zero-order chi connectivity index (χ0) is 23.2. The number of hydrogen-bond donors (Lipinski definition) is 1. The number of carbonyl (C=O) groups excluding carboxylic acids is 1. The Bertz CT molecular complexity index is 1290. The summed E-state index contributed by atoms with van der Waals surface area (Å²) in [7, 11) is 0. The molecule has 0 spiro atoms. The molecule has 2 aromatic heterocycles. The van der Waals surface area contributed by atoms with Gasteiger partial charge in [0.15, 0.2) is 0 Å². The second-order valence-corrected chi connectivity index (χ2v) is 8.16. The summed E-state index contributed by atoms with van der Waals surface area (Å²) in [5.74, 6) is 0.553. The lowest BCUT2D eigenvalue weighted by Gasteiger charge is -2.08. The number of aromatic nitrogens is 3. The highest BCUT2D eigenvalue weighted by atomic mass is 35.5. The Hall–Kier alpha value is -3.58. The quantitative estimate of drug-likeness (QED) is 0.374. The number of unbranched alkanes of at least 4 members (excludes halogenated alkanes) is 1. The first-order valence-electron chi connectivity index (χ1n) is 10.9.